The Labute approximate surface area is 138 Å². The van der Waals surface area contributed by atoms with Crippen LogP contribution >= 0.6 is 0 Å². The van der Waals surface area contributed by atoms with Crippen LogP contribution in [0.15, 0.2) is 51.7 Å². The van der Waals surface area contributed by atoms with Gasteiger partial charge in [0.2, 0.25) is 11.2 Å². The summed E-state index contributed by atoms with van der Waals surface area (Å²) in [5.41, 5.74) is 2.73. The Bertz CT molecular complexity index is 967. The Morgan fingerprint density at radius 1 is 1.08 bits per heavy atom. The Hall–Kier alpha value is -3.08. The Kier molecular flexibility index (Phi) is 4.08. The molecule has 0 fully saturated rings. The molecule has 1 aromatic heterocycles. The fourth-order valence-electron chi connectivity index (χ4n) is 2.44. The third kappa shape index (κ3) is 3.01. The maximum absolute atomic E-state index is 12.7. The first-order chi connectivity index (χ1) is 11.5. The molecule has 5 nitrogen and oxygen atoms in total. The van der Waals surface area contributed by atoms with Gasteiger partial charge in [-0.15, -0.1) is 0 Å². The summed E-state index contributed by atoms with van der Waals surface area (Å²) in [6.45, 7) is 3.24. The molecule has 0 aliphatic heterocycles. The van der Waals surface area contributed by atoms with Crippen molar-refractivity contribution in [3.63, 3.8) is 0 Å². The summed E-state index contributed by atoms with van der Waals surface area (Å²) in [6.07, 6.45) is 0. The number of fused-ring (bicyclic) bond motifs is 1. The van der Waals surface area contributed by atoms with Crippen LogP contribution in [-0.2, 0) is 4.79 Å². The average Bonchev–Trinajstić information content (AvgIpc) is 2.54. The van der Waals surface area contributed by atoms with Crippen LogP contribution in [0.4, 0.5) is 0 Å². The van der Waals surface area contributed by atoms with Crippen LogP contribution in [0.1, 0.15) is 11.1 Å². The summed E-state index contributed by atoms with van der Waals surface area (Å²) in [7, 11) is 0. The van der Waals surface area contributed by atoms with Gasteiger partial charge in [0.1, 0.15) is 5.58 Å². The molecule has 0 saturated carbocycles. The van der Waals surface area contributed by atoms with Gasteiger partial charge in [-0.05, 0) is 31.5 Å². The van der Waals surface area contributed by atoms with Crippen LogP contribution in [0.25, 0.3) is 22.3 Å². The van der Waals surface area contributed by atoms with Crippen molar-refractivity contribution in [2.24, 2.45) is 0 Å². The van der Waals surface area contributed by atoms with Crippen LogP contribution < -0.4 is 10.2 Å². The molecule has 3 aromatic rings. The molecular weight excluding hydrogens is 308 g/mol. The van der Waals surface area contributed by atoms with Crippen molar-refractivity contribution < 1.29 is 19.1 Å². The molecule has 0 amide bonds. The Morgan fingerprint density at radius 3 is 2.42 bits per heavy atom. The fourth-order valence-corrected chi connectivity index (χ4v) is 2.44. The van der Waals surface area contributed by atoms with Gasteiger partial charge in [-0.3, -0.25) is 4.79 Å². The zero-order valence-electron chi connectivity index (χ0n) is 13.3. The molecule has 0 spiro atoms. The minimum Gasteiger partial charge on any atom is -0.479 e. The summed E-state index contributed by atoms with van der Waals surface area (Å²) in [5, 5.41) is 9.21. The average molecular weight is 324 g/mol. The van der Waals surface area contributed by atoms with Crippen molar-refractivity contribution >= 4 is 16.9 Å². The number of ether oxygens (including phenoxy) is 1. The third-order valence-corrected chi connectivity index (χ3v) is 3.66. The molecule has 0 unspecified atom stereocenters. The lowest BCUT2D eigenvalue weighted by atomic mass is 10.1. The number of rotatable bonds is 4. The second-order valence-electron chi connectivity index (χ2n) is 5.64. The van der Waals surface area contributed by atoms with E-state index in [2.05, 4.69) is 0 Å². The van der Waals surface area contributed by atoms with Gasteiger partial charge in [0.05, 0.1) is 5.39 Å². The number of benzene rings is 2. The minimum absolute atomic E-state index is 0.0855. The molecule has 122 valence electrons. The monoisotopic (exact) mass is 324 g/mol. The molecule has 2 aromatic carbocycles. The molecule has 0 bridgehead atoms. The van der Waals surface area contributed by atoms with Crippen molar-refractivity contribution in [3.8, 4) is 17.1 Å². The summed E-state index contributed by atoms with van der Waals surface area (Å²) in [5.74, 6) is -1.01. The first kappa shape index (κ1) is 15.8. The maximum Gasteiger partial charge on any atom is 0.341 e. The van der Waals surface area contributed by atoms with Crippen molar-refractivity contribution in [3.05, 3.63) is 63.8 Å². The fraction of sp³-hybridized carbons (Fsp3) is 0.158. The predicted octanol–water partition coefficient (Wildman–Crippen LogP) is 3.54. The molecule has 3 rings (SSSR count). The SMILES string of the molecule is Cc1ccc(-c2oc3cc(C)ccc3c(=O)c2OCC(=O)O)cc1. The van der Waals surface area contributed by atoms with Crippen molar-refractivity contribution in [1.29, 1.82) is 0 Å². The van der Waals surface area contributed by atoms with Crippen LogP contribution in [0.5, 0.6) is 5.75 Å². The lowest BCUT2D eigenvalue weighted by Crippen LogP contribution is -2.16. The molecule has 0 aliphatic carbocycles. The van der Waals surface area contributed by atoms with Gasteiger partial charge in [0, 0.05) is 5.56 Å². The molecule has 0 saturated heterocycles. The number of hydrogen-bond donors (Lipinski definition) is 1. The lowest BCUT2D eigenvalue weighted by molar-refractivity contribution is -0.139. The van der Waals surface area contributed by atoms with E-state index in [1.54, 1.807) is 18.2 Å². The van der Waals surface area contributed by atoms with E-state index in [9.17, 15) is 9.59 Å². The zero-order chi connectivity index (χ0) is 17.3. The molecule has 1 N–H and O–H groups in total. The summed E-state index contributed by atoms with van der Waals surface area (Å²) < 4.78 is 11.1. The standard InChI is InChI=1S/C19H16O5/c1-11-3-6-13(7-4-11)18-19(23-10-16(20)21)17(22)14-8-5-12(2)9-15(14)24-18/h3-9H,10H2,1-2H3,(H,20,21). The van der Waals surface area contributed by atoms with Gasteiger partial charge in [-0.1, -0.05) is 35.9 Å². The molecular formula is C19H16O5. The first-order valence-electron chi connectivity index (χ1n) is 7.45. The van der Waals surface area contributed by atoms with Crippen LogP contribution in [-0.4, -0.2) is 17.7 Å². The van der Waals surface area contributed by atoms with Gasteiger partial charge in [0.15, 0.2) is 12.4 Å². The first-order valence-corrected chi connectivity index (χ1v) is 7.45. The highest BCUT2D eigenvalue weighted by atomic mass is 16.5. The normalized spacial score (nSPS) is 10.8. The smallest absolute Gasteiger partial charge is 0.341 e. The van der Waals surface area contributed by atoms with Crippen molar-refractivity contribution in [2.75, 3.05) is 6.61 Å². The summed E-state index contributed by atoms with van der Waals surface area (Å²) >= 11 is 0. The lowest BCUT2D eigenvalue weighted by Gasteiger charge is -2.11. The number of carboxylic acid groups (broad SMARTS) is 1. The second kappa shape index (κ2) is 6.20. The number of aliphatic carboxylic acids is 1. The van der Waals surface area contributed by atoms with E-state index >= 15 is 0 Å². The molecule has 0 aliphatic rings. The van der Waals surface area contributed by atoms with Gasteiger partial charge in [-0.2, -0.15) is 0 Å². The molecule has 5 heteroatoms. The highest BCUT2D eigenvalue weighted by Gasteiger charge is 2.18. The van der Waals surface area contributed by atoms with Crippen molar-refractivity contribution in [1.82, 2.24) is 0 Å². The number of carboxylic acids is 1. The van der Waals surface area contributed by atoms with Crippen LogP contribution in [0, 0.1) is 13.8 Å². The molecule has 0 radical (unpaired) electrons. The zero-order valence-corrected chi connectivity index (χ0v) is 13.3. The van der Waals surface area contributed by atoms with Crippen molar-refractivity contribution in [2.45, 2.75) is 13.8 Å². The maximum atomic E-state index is 12.7. The van der Waals surface area contributed by atoms with E-state index in [0.717, 1.165) is 11.1 Å². The van der Waals surface area contributed by atoms with E-state index in [0.29, 0.717) is 16.5 Å². The van der Waals surface area contributed by atoms with E-state index in [4.69, 9.17) is 14.3 Å². The second-order valence-corrected chi connectivity index (χ2v) is 5.64. The highest BCUT2D eigenvalue weighted by Crippen LogP contribution is 2.31. The van der Waals surface area contributed by atoms with E-state index in [1.165, 1.54) is 0 Å². The topological polar surface area (TPSA) is 76.7 Å². The number of aryl methyl sites for hydroxylation is 2. The molecule has 24 heavy (non-hydrogen) atoms. The van der Waals surface area contributed by atoms with E-state index in [1.807, 2.05) is 38.1 Å². The minimum atomic E-state index is -1.16. The highest BCUT2D eigenvalue weighted by molar-refractivity contribution is 5.82. The molecule has 1 heterocycles. The number of hydrogen-bond acceptors (Lipinski definition) is 4. The van der Waals surface area contributed by atoms with Gasteiger partial charge >= 0.3 is 5.97 Å². The molecule has 0 atom stereocenters. The predicted molar refractivity (Wildman–Crippen MR) is 90.5 cm³/mol. The van der Waals surface area contributed by atoms with Gasteiger partial charge in [-0.25, -0.2) is 4.79 Å². The van der Waals surface area contributed by atoms with Gasteiger partial charge in [0.25, 0.3) is 0 Å². The largest absolute Gasteiger partial charge is 0.479 e. The van der Waals surface area contributed by atoms with E-state index < -0.39 is 12.6 Å². The van der Waals surface area contributed by atoms with Gasteiger partial charge < -0.3 is 14.3 Å². The Morgan fingerprint density at radius 2 is 1.75 bits per heavy atom. The van der Waals surface area contributed by atoms with Crippen LogP contribution in [0.3, 0.4) is 0 Å². The van der Waals surface area contributed by atoms with E-state index in [-0.39, 0.29) is 16.9 Å². The van der Waals surface area contributed by atoms with Crippen LogP contribution in [0.2, 0.25) is 0 Å². The summed E-state index contributed by atoms with van der Waals surface area (Å²) in [6, 6.07) is 12.6. The number of carbonyl (C=O) groups is 1. The third-order valence-electron chi connectivity index (χ3n) is 3.66. The Balaban J connectivity index is 2.27. The quantitative estimate of drug-likeness (QED) is 0.794. The summed E-state index contributed by atoms with van der Waals surface area (Å²) in [4.78, 5) is 23.6.